The lowest BCUT2D eigenvalue weighted by atomic mass is 9.91. The number of nitrogens with one attached hydrogen (secondary N) is 1. The minimum absolute atomic E-state index is 0.260. The van der Waals surface area contributed by atoms with Crippen LogP contribution in [0.25, 0.3) is 0 Å². The first-order chi connectivity index (χ1) is 9.24. The maximum atomic E-state index is 4.48. The van der Waals surface area contributed by atoms with Crippen LogP contribution in [-0.4, -0.2) is 11.5 Å². The molecule has 100 valence electrons. The Labute approximate surface area is 123 Å². The van der Waals surface area contributed by atoms with Crippen LogP contribution in [0, 0.1) is 0 Å². The van der Waals surface area contributed by atoms with E-state index < -0.39 is 0 Å². The van der Waals surface area contributed by atoms with E-state index in [4.69, 9.17) is 0 Å². The van der Waals surface area contributed by atoms with Gasteiger partial charge in [0.15, 0.2) is 0 Å². The SMILES string of the molecule is CCNC(c1ccccc1Br)C(C)c1ccccn1. The van der Waals surface area contributed by atoms with Crippen molar-refractivity contribution < 1.29 is 0 Å². The predicted molar refractivity (Wildman–Crippen MR) is 83.2 cm³/mol. The highest BCUT2D eigenvalue weighted by Crippen LogP contribution is 2.33. The van der Waals surface area contributed by atoms with Gasteiger partial charge in [0, 0.05) is 28.3 Å². The molecular weight excluding hydrogens is 300 g/mol. The topological polar surface area (TPSA) is 24.9 Å². The molecule has 19 heavy (non-hydrogen) atoms. The Morgan fingerprint density at radius 1 is 1.16 bits per heavy atom. The van der Waals surface area contributed by atoms with Crippen LogP contribution in [-0.2, 0) is 0 Å². The lowest BCUT2D eigenvalue weighted by Gasteiger charge is -2.26. The molecule has 0 aliphatic rings. The summed E-state index contributed by atoms with van der Waals surface area (Å²) in [6.45, 7) is 5.28. The van der Waals surface area contributed by atoms with E-state index in [1.807, 2.05) is 24.4 Å². The number of hydrogen-bond acceptors (Lipinski definition) is 2. The molecular formula is C16H19BrN2. The van der Waals surface area contributed by atoms with Gasteiger partial charge >= 0.3 is 0 Å². The van der Waals surface area contributed by atoms with Gasteiger partial charge in [-0.3, -0.25) is 4.98 Å². The molecule has 1 heterocycles. The Balaban J connectivity index is 2.33. The molecule has 2 nitrogen and oxygen atoms in total. The fourth-order valence-electron chi connectivity index (χ4n) is 2.32. The van der Waals surface area contributed by atoms with E-state index in [-0.39, 0.29) is 6.04 Å². The molecule has 0 aliphatic carbocycles. The minimum atomic E-state index is 0.260. The summed E-state index contributed by atoms with van der Waals surface area (Å²) in [5.74, 6) is 0.319. The summed E-state index contributed by atoms with van der Waals surface area (Å²) in [7, 11) is 0. The first-order valence-corrected chi connectivity index (χ1v) is 7.42. The van der Waals surface area contributed by atoms with Crippen molar-refractivity contribution in [3.8, 4) is 0 Å². The van der Waals surface area contributed by atoms with Crippen molar-refractivity contribution in [2.45, 2.75) is 25.8 Å². The van der Waals surface area contributed by atoms with Gasteiger partial charge in [-0.25, -0.2) is 0 Å². The van der Waals surface area contributed by atoms with Crippen LogP contribution in [0.2, 0.25) is 0 Å². The molecule has 1 aromatic carbocycles. The molecule has 0 bridgehead atoms. The Morgan fingerprint density at radius 2 is 1.89 bits per heavy atom. The highest BCUT2D eigenvalue weighted by atomic mass is 79.9. The van der Waals surface area contributed by atoms with E-state index in [1.165, 1.54) is 5.56 Å². The van der Waals surface area contributed by atoms with Crippen LogP contribution < -0.4 is 5.32 Å². The molecule has 2 rings (SSSR count). The van der Waals surface area contributed by atoms with Crippen molar-refractivity contribution >= 4 is 15.9 Å². The van der Waals surface area contributed by atoms with E-state index in [0.717, 1.165) is 16.7 Å². The molecule has 0 spiro atoms. The van der Waals surface area contributed by atoms with Gasteiger partial charge in [-0.05, 0) is 30.3 Å². The van der Waals surface area contributed by atoms with Crippen LogP contribution in [0.1, 0.15) is 37.1 Å². The van der Waals surface area contributed by atoms with Gasteiger partial charge in [-0.15, -0.1) is 0 Å². The average Bonchev–Trinajstić information content (AvgIpc) is 2.46. The fourth-order valence-corrected chi connectivity index (χ4v) is 2.85. The summed E-state index contributed by atoms with van der Waals surface area (Å²) < 4.78 is 1.14. The smallest absolute Gasteiger partial charge is 0.0450 e. The third-order valence-corrected chi connectivity index (χ3v) is 4.04. The van der Waals surface area contributed by atoms with Gasteiger partial charge in [-0.2, -0.15) is 0 Å². The van der Waals surface area contributed by atoms with E-state index in [2.05, 4.69) is 64.3 Å². The van der Waals surface area contributed by atoms with Gasteiger partial charge in [-0.1, -0.05) is 54.0 Å². The standard InChI is InChI=1S/C16H19BrN2/c1-3-18-16(13-8-4-5-9-14(13)17)12(2)15-10-6-7-11-19-15/h4-12,16,18H,3H2,1-2H3. The highest BCUT2D eigenvalue weighted by Gasteiger charge is 2.22. The monoisotopic (exact) mass is 318 g/mol. The number of rotatable bonds is 5. The molecule has 0 fully saturated rings. The zero-order valence-electron chi connectivity index (χ0n) is 11.3. The second-order valence-electron chi connectivity index (χ2n) is 4.60. The molecule has 2 atom stereocenters. The molecule has 1 N–H and O–H groups in total. The molecule has 2 unspecified atom stereocenters. The molecule has 3 heteroatoms. The van der Waals surface area contributed by atoms with Crippen LogP contribution in [0.3, 0.4) is 0 Å². The van der Waals surface area contributed by atoms with Gasteiger partial charge in [0.25, 0.3) is 0 Å². The van der Waals surface area contributed by atoms with Crippen LogP contribution in [0.4, 0.5) is 0 Å². The Bertz CT molecular complexity index is 513. The van der Waals surface area contributed by atoms with E-state index in [9.17, 15) is 0 Å². The summed E-state index contributed by atoms with van der Waals surface area (Å²) >= 11 is 3.65. The number of pyridine rings is 1. The molecule has 0 aliphatic heterocycles. The van der Waals surface area contributed by atoms with E-state index in [0.29, 0.717) is 5.92 Å². The molecule has 2 aromatic rings. The van der Waals surface area contributed by atoms with E-state index in [1.54, 1.807) is 0 Å². The lowest BCUT2D eigenvalue weighted by molar-refractivity contribution is 0.470. The average molecular weight is 319 g/mol. The highest BCUT2D eigenvalue weighted by molar-refractivity contribution is 9.10. The van der Waals surface area contributed by atoms with Crippen LogP contribution >= 0.6 is 15.9 Å². The van der Waals surface area contributed by atoms with Crippen molar-refractivity contribution in [3.05, 3.63) is 64.4 Å². The molecule has 0 saturated carbocycles. The maximum absolute atomic E-state index is 4.48. The molecule has 1 aromatic heterocycles. The lowest BCUT2D eigenvalue weighted by Crippen LogP contribution is -2.26. The first kappa shape index (κ1) is 14.2. The van der Waals surface area contributed by atoms with Crippen molar-refractivity contribution in [2.75, 3.05) is 6.54 Å². The molecule has 0 radical (unpaired) electrons. The van der Waals surface area contributed by atoms with Gasteiger partial charge < -0.3 is 5.32 Å². The second-order valence-corrected chi connectivity index (χ2v) is 5.45. The number of nitrogens with zero attached hydrogens (tertiary/aromatic N) is 1. The fraction of sp³-hybridized carbons (Fsp3) is 0.312. The summed E-state index contributed by atoms with van der Waals surface area (Å²) in [5.41, 5.74) is 2.40. The Hall–Kier alpha value is -1.19. The quantitative estimate of drug-likeness (QED) is 0.889. The van der Waals surface area contributed by atoms with Crippen molar-refractivity contribution in [1.29, 1.82) is 0 Å². The second kappa shape index (κ2) is 6.83. The van der Waals surface area contributed by atoms with Crippen molar-refractivity contribution in [1.82, 2.24) is 10.3 Å². The van der Waals surface area contributed by atoms with Gasteiger partial charge in [0.1, 0.15) is 0 Å². The summed E-state index contributed by atoms with van der Waals surface area (Å²) in [6.07, 6.45) is 1.86. The van der Waals surface area contributed by atoms with Gasteiger partial charge in [0.2, 0.25) is 0 Å². The van der Waals surface area contributed by atoms with Gasteiger partial charge in [0.05, 0.1) is 0 Å². The summed E-state index contributed by atoms with van der Waals surface area (Å²) in [4.78, 5) is 4.48. The molecule has 0 amide bonds. The number of hydrogen-bond donors (Lipinski definition) is 1. The summed E-state index contributed by atoms with van der Waals surface area (Å²) in [6, 6.07) is 14.7. The third kappa shape index (κ3) is 3.43. The maximum Gasteiger partial charge on any atom is 0.0450 e. The third-order valence-electron chi connectivity index (χ3n) is 3.32. The predicted octanol–water partition coefficient (Wildman–Crippen LogP) is 4.30. The van der Waals surface area contributed by atoms with Crippen molar-refractivity contribution in [3.63, 3.8) is 0 Å². The Kier molecular flexibility index (Phi) is 5.11. The van der Waals surface area contributed by atoms with Crippen molar-refractivity contribution in [2.24, 2.45) is 0 Å². The zero-order valence-corrected chi connectivity index (χ0v) is 12.9. The zero-order chi connectivity index (χ0) is 13.7. The van der Waals surface area contributed by atoms with E-state index >= 15 is 0 Å². The molecule has 0 saturated heterocycles. The summed E-state index contributed by atoms with van der Waals surface area (Å²) in [5, 5.41) is 3.57. The first-order valence-electron chi connectivity index (χ1n) is 6.62. The normalized spacial score (nSPS) is 14.1. The minimum Gasteiger partial charge on any atom is -0.310 e. The number of halogens is 1. The Morgan fingerprint density at radius 3 is 2.53 bits per heavy atom. The van der Waals surface area contributed by atoms with Crippen LogP contribution in [0.15, 0.2) is 53.1 Å². The van der Waals surface area contributed by atoms with Crippen LogP contribution in [0.5, 0.6) is 0 Å². The largest absolute Gasteiger partial charge is 0.310 e. The number of benzene rings is 1. The number of likely N-dealkylation sites (N-methyl/N-ethyl adjacent to an activating group) is 1. The number of aromatic nitrogens is 1.